The number of methoxy groups -OCH3 is 1. The lowest BCUT2D eigenvalue weighted by Gasteiger charge is -2.11. The van der Waals surface area contributed by atoms with E-state index in [1.54, 1.807) is 7.11 Å². The van der Waals surface area contributed by atoms with Gasteiger partial charge >= 0.3 is 0 Å². The van der Waals surface area contributed by atoms with E-state index < -0.39 is 10.0 Å². The molecular formula is C12H20N4O4S. The van der Waals surface area contributed by atoms with Crippen LogP contribution >= 0.6 is 0 Å². The molecule has 0 aliphatic carbocycles. The lowest BCUT2D eigenvalue weighted by atomic mass is 10.2. The molecule has 1 rings (SSSR count). The van der Waals surface area contributed by atoms with Crippen molar-refractivity contribution < 1.29 is 17.9 Å². The quantitative estimate of drug-likeness (QED) is 0.373. The molecule has 118 valence electrons. The largest absolute Gasteiger partial charge is 0.397 e. The molecule has 1 amide bonds. The molecule has 0 bridgehead atoms. The third-order valence-electron chi connectivity index (χ3n) is 2.67. The average Bonchev–Trinajstić information content (AvgIpc) is 2.46. The Balaban J connectivity index is 2.71. The first-order chi connectivity index (χ1) is 9.90. The molecule has 0 aromatic heterocycles. The highest BCUT2D eigenvalue weighted by molar-refractivity contribution is 7.89. The van der Waals surface area contributed by atoms with Gasteiger partial charge in [0.25, 0.3) is 0 Å². The summed E-state index contributed by atoms with van der Waals surface area (Å²) in [5.74, 6) is -0.242. The Morgan fingerprint density at radius 3 is 2.71 bits per heavy atom. The number of anilines is 2. The van der Waals surface area contributed by atoms with Crippen molar-refractivity contribution >= 4 is 27.3 Å². The van der Waals surface area contributed by atoms with E-state index in [4.69, 9.17) is 10.5 Å². The molecule has 0 fully saturated rings. The van der Waals surface area contributed by atoms with Crippen LogP contribution in [0, 0.1) is 0 Å². The summed E-state index contributed by atoms with van der Waals surface area (Å²) in [4.78, 5) is 11.6. The molecule has 5 N–H and O–H groups in total. The molecule has 0 heterocycles. The highest BCUT2D eigenvalue weighted by Crippen LogP contribution is 2.22. The van der Waals surface area contributed by atoms with Gasteiger partial charge in [0.05, 0.1) is 29.4 Å². The highest BCUT2D eigenvalue weighted by atomic mass is 32.2. The van der Waals surface area contributed by atoms with Crippen LogP contribution in [0.5, 0.6) is 0 Å². The molecule has 0 radical (unpaired) electrons. The molecule has 1 aromatic carbocycles. The van der Waals surface area contributed by atoms with E-state index in [1.807, 2.05) is 0 Å². The number of nitrogen functional groups attached to an aromatic ring is 1. The van der Waals surface area contributed by atoms with Crippen molar-refractivity contribution in [3.8, 4) is 0 Å². The maximum absolute atomic E-state index is 11.7. The SMILES string of the molecule is CNS(=O)(=O)c1ccc(N)c(NCC(=O)NCCOC)c1. The number of carbonyl (C=O) groups excluding carboxylic acids is 1. The lowest BCUT2D eigenvalue weighted by Crippen LogP contribution is -2.32. The van der Waals surface area contributed by atoms with Crippen LogP contribution in [0.15, 0.2) is 23.1 Å². The number of nitrogens with two attached hydrogens (primary N) is 1. The van der Waals surface area contributed by atoms with Crippen LogP contribution in [0.3, 0.4) is 0 Å². The monoisotopic (exact) mass is 316 g/mol. The number of carbonyl (C=O) groups is 1. The minimum absolute atomic E-state index is 0.0169. The van der Waals surface area contributed by atoms with E-state index in [2.05, 4.69) is 15.4 Å². The van der Waals surface area contributed by atoms with Crippen molar-refractivity contribution in [2.75, 3.05) is 44.9 Å². The molecule has 0 saturated heterocycles. The molecule has 21 heavy (non-hydrogen) atoms. The van der Waals surface area contributed by atoms with Crippen LogP contribution in [0.25, 0.3) is 0 Å². The number of hydrogen-bond acceptors (Lipinski definition) is 6. The Kier molecular flexibility index (Phi) is 6.40. The van der Waals surface area contributed by atoms with Crippen molar-refractivity contribution in [3.05, 3.63) is 18.2 Å². The van der Waals surface area contributed by atoms with Gasteiger partial charge < -0.3 is 21.1 Å². The molecule has 0 unspecified atom stereocenters. The Morgan fingerprint density at radius 2 is 2.10 bits per heavy atom. The third kappa shape index (κ3) is 5.21. The predicted molar refractivity (Wildman–Crippen MR) is 80.5 cm³/mol. The molecule has 0 aliphatic heterocycles. The van der Waals surface area contributed by atoms with E-state index in [9.17, 15) is 13.2 Å². The summed E-state index contributed by atoms with van der Waals surface area (Å²) in [5.41, 5.74) is 6.49. The summed E-state index contributed by atoms with van der Waals surface area (Å²) in [6, 6.07) is 4.24. The summed E-state index contributed by atoms with van der Waals surface area (Å²) in [6.45, 7) is 0.807. The van der Waals surface area contributed by atoms with Crippen molar-refractivity contribution in [3.63, 3.8) is 0 Å². The molecule has 8 nitrogen and oxygen atoms in total. The number of hydrogen-bond donors (Lipinski definition) is 4. The standard InChI is InChI=1S/C12H20N4O4S/c1-14-21(18,19)9-3-4-10(13)11(7-9)16-8-12(17)15-5-6-20-2/h3-4,7,14,16H,5-6,8,13H2,1-2H3,(H,15,17). The van der Waals surface area contributed by atoms with Gasteiger partial charge in [0, 0.05) is 13.7 Å². The van der Waals surface area contributed by atoms with Gasteiger partial charge in [-0.05, 0) is 25.2 Å². The van der Waals surface area contributed by atoms with Crippen molar-refractivity contribution in [1.29, 1.82) is 0 Å². The van der Waals surface area contributed by atoms with Crippen LogP contribution in [0.1, 0.15) is 0 Å². The van der Waals surface area contributed by atoms with Crippen molar-refractivity contribution in [2.45, 2.75) is 4.90 Å². The van der Waals surface area contributed by atoms with E-state index in [-0.39, 0.29) is 17.3 Å². The second-order valence-electron chi connectivity index (χ2n) is 4.15. The number of amides is 1. The van der Waals surface area contributed by atoms with Gasteiger partial charge in [-0.2, -0.15) is 0 Å². The van der Waals surface area contributed by atoms with Crippen LogP contribution in [0.4, 0.5) is 11.4 Å². The second kappa shape index (κ2) is 7.81. The molecule has 0 atom stereocenters. The first-order valence-corrected chi connectivity index (χ1v) is 7.71. The summed E-state index contributed by atoms with van der Waals surface area (Å²) in [6.07, 6.45) is 0. The summed E-state index contributed by atoms with van der Waals surface area (Å²) < 4.78 is 30.4. The van der Waals surface area contributed by atoms with E-state index in [1.165, 1.54) is 25.2 Å². The van der Waals surface area contributed by atoms with E-state index in [0.29, 0.717) is 24.5 Å². The van der Waals surface area contributed by atoms with Crippen LogP contribution in [-0.4, -0.2) is 48.2 Å². The molecule has 0 saturated carbocycles. The molecule has 9 heteroatoms. The second-order valence-corrected chi connectivity index (χ2v) is 6.04. The zero-order valence-electron chi connectivity index (χ0n) is 12.0. The number of ether oxygens (including phenoxy) is 1. The predicted octanol–water partition coefficient (Wildman–Crippen LogP) is -0.649. The maximum Gasteiger partial charge on any atom is 0.240 e. The third-order valence-corrected chi connectivity index (χ3v) is 4.08. The zero-order chi connectivity index (χ0) is 15.9. The summed E-state index contributed by atoms with van der Waals surface area (Å²) >= 11 is 0. The minimum atomic E-state index is -3.56. The fourth-order valence-electron chi connectivity index (χ4n) is 1.50. The van der Waals surface area contributed by atoms with Gasteiger partial charge in [-0.25, -0.2) is 13.1 Å². The fourth-order valence-corrected chi connectivity index (χ4v) is 2.26. The number of nitrogens with one attached hydrogen (secondary N) is 3. The summed E-state index contributed by atoms with van der Waals surface area (Å²) in [7, 11) is -0.694. The van der Waals surface area contributed by atoms with Gasteiger partial charge in [0.15, 0.2) is 0 Å². The topological polar surface area (TPSA) is 123 Å². The van der Waals surface area contributed by atoms with E-state index >= 15 is 0 Å². The van der Waals surface area contributed by atoms with Crippen molar-refractivity contribution in [2.24, 2.45) is 0 Å². The maximum atomic E-state index is 11.7. The van der Waals surface area contributed by atoms with Gasteiger partial charge in [-0.1, -0.05) is 0 Å². The van der Waals surface area contributed by atoms with Crippen LogP contribution < -0.4 is 21.1 Å². The number of rotatable bonds is 8. The van der Waals surface area contributed by atoms with Gasteiger partial charge in [-0.15, -0.1) is 0 Å². The smallest absolute Gasteiger partial charge is 0.240 e. The Morgan fingerprint density at radius 1 is 1.38 bits per heavy atom. The molecule has 0 spiro atoms. The minimum Gasteiger partial charge on any atom is -0.397 e. The lowest BCUT2D eigenvalue weighted by molar-refractivity contribution is -0.119. The Bertz CT molecular complexity index is 589. The first-order valence-electron chi connectivity index (χ1n) is 6.23. The van der Waals surface area contributed by atoms with Gasteiger partial charge in [0.2, 0.25) is 15.9 Å². The molecular weight excluding hydrogens is 296 g/mol. The molecule has 1 aromatic rings. The van der Waals surface area contributed by atoms with Gasteiger partial charge in [-0.3, -0.25) is 4.79 Å². The van der Waals surface area contributed by atoms with Crippen LogP contribution in [-0.2, 0) is 19.6 Å². The normalized spacial score (nSPS) is 11.1. The zero-order valence-corrected chi connectivity index (χ0v) is 12.8. The van der Waals surface area contributed by atoms with Gasteiger partial charge in [0.1, 0.15) is 0 Å². The van der Waals surface area contributed by atoms with Crippen molar-refractivity contribution in [1.82, 2.24) is 10.0 Å². The van der Waals surface area contributed by atoms with Crippen LogP contribution in [0.2, 0.25) is 0 Å². The first kappa shape index (κ1) is 17.2. The Hall–Kier alpha value is -1.84. The highest BCUT2D eigenvalue weighted by Gasteiger charge is 2.13. The van der Waals surface area contributed by atoms with E-state index in [0.717, 1.165) is 0 Å². The number of sulfonamides is 1. The number of benzene rings is 1. The Labute approximate surface area is 124 Å². The fraction of sp³-hybridized carbons (Fsp3) is 0.417. The average molecular weight is 316 g/mol. The molecule has 0 aliphatic rings. The summed E-state index contributed by atoms with van der Waals surface area (Å²) in [5, 5.41) is 5.44.